The number of nitrogens with two attached hydrogens (primary N) is 1. The molecule has 1 saturated heterocycles. The zero-order valence-electron chi connectivity index (χ0n) is 10.5. The number of rotatable bonds is 3. The average Bonchev–Trinajstić information content (AvgIpc) is 2.82. The summed E-state index contributed by atoms with van der Waals surface area (Å²) in [6.45, 7) is 4.87. The number of aryl methyl sites for hydroxylation is 1. The van der Waals surface area contributed by atoms with Gasteiger partial charge in [-0.2, -0.15) is 0 Å². The molecule has 6 heteroatoms. The van der Waals surface area contributed by atoms with Crippen molar-refractivity contribution in [3.05, 3.63) is 23.2 Å². The summed E-state index contributed by atoms with van der Waals surface area (Å²) in [4.78, 5) is 24.8. The molecule has 0 aliphatic carbocycles. The number of likely N-dealkylation sites (tertiary alicyclic amines) is 1. The maximum absolute atomic E-state index is 11.7. The minimum atomic E-state index is -0.386. The Balaban J connectivity index is 2.11. The number of hydrogen-bond donors (Lipinski definition) is 2. The molecule has 1 aromatic heterocycles. The lowest BCUT2D eigenvalue weighted by atomic mass is 10.2. The van der Waals surface area contributed by atoms with Crippen molar-refractivity contribution in [2.24, 2.45) is 11.8 Å². The van der Waals surface area contributed by atoms with E-state index < -0.39 is 0 Å². The molecule has 18 heavy (non-hydrogen) atoms. The van der Waals surface area contributed by atoms with Gasteiger partial charge < -0.3 is 9.32 Å². The zero-order valence-corrected chi connectivity index (χ0v) is 10.5. The first-order valence-electron chi connectivity index (χ1n) is 5.89. The van der Waals surface area contributed by atoms with Crippen molar-refractivity contribution in [2.75, 3.05) is 6.54 Å². The molecule has 2 heterocycles. The van der Waals surface area contributed by atoms with Crippen LogP contribution in [-0.2, 0) is 11.3 Å². The quantitative estimate of drug-likeness (QED) is 0.466. The summed E-state index contributed by atoms with van der Waals surface area (Å²) in [6.07, 6.45) is 0.579. The maximum Gasteiger partial charge on any atom is 0.268 e. The molecule has 1 fully saturated rings. The number of nitrogens with one attached hydrogen (secondary N) is 1. The Morgan fingerprint density at radius 1 is 1.67 bits per heavy atom. The van der Waals surface area contributed by atoms with Crippen LogP contribution in [0.2, 0.25) is 0 Å². The number of hydrogen-bond acceptors (Lipinski definition) is 4. The highest BCUT2D eigenvalue weighted by molar-refractivity contribution is 5.94. The highest BCUT2D eigenvalue weighted by Gasteiger charge is 2.27. The van der Waals surface area contributed by atoms with Crippen molar-refractivity contribution in [1.29, 1.82) is 0 Å². The van der Waals surface area contributed by atoms with E-state index in [4.69, 9.17) is 10.3 Å². The van der Waals surface area contributed by atoms with E-state index in [9.17, 15) is 9.59 Å². The fourth-order valence-corrected chi connectivity index (χ4v) is 2.24. The van der Waals surface area contributed by atoms with Gasteiger partial charge in [-0.15, -0.1) is 0 Å². The lowest BCUT2D eigenvalue weighted by Crippen LogP contribution is -2.30. The molecule has 98 valence electrons. The molecular weight excluding hydrogens is 234 g/mol. The van der Waals surface area contributed by atoms with Gasteiger partial charge >= 0.3 is 0 Å². The molecule has 1 unspecified atom stereocenters. The largest absolute Gasteiger partial charge is 0.464 e. The molecule has 0 saturated carbocycles. The Labute approximate surface area is 105 Å². The van der Waals surface area contributed by atoms with E-state index in [1.54, 1.807) is 17.9 Å². The second-order valence-corrected chi connectivity index (χ2v) is 4.74. The Morgan fingerprint density at radius 3 is 2.94 bits per heavy atom. The number of carbonyl (C=O) groups is 2. The summed E-state index contributed by atoms with van der Waals surface area (Å²) < 4.78 is 5.47. The third-order valence-electron chi connectivity index (χ3n) is 3.10. The molecule has 0 aromatic carbocycles. The van der Waals surface area contributed by atoms with Crippen LogP contribution in [-0.4, -0.2) is 23.3 Å². The third kappa shape index (κ3) is 2.38. The van der Waals surface area contributed by atoms with Crippen LogP contribution in [0, 0.1) is 12.8 Å². The van der Waals surface area contributed by atoms with Crippen LogP contribution in [0.3, 0.4) is 0 Å². The van der Waals surface area contributed by atoms with E-state index in [1.807, 2.05) is 6.92 Å². The van der Waals surface area contributed by atoms with E-state index >= 15 is 0 Å². The summed E-state index contributed by atoms with van der Waals surface area (Å²) in [7, 11) is 0. The predicted octanol–water partition coefficient (Wildman–Crippen LogP) is 0.560. The van der Waals surface area contributed by atoms with Crippen LogP contribution in [0.1, 0.15) is 35.2 Å². The van der Waals surface area contributed by atoms with Crippen molar-refractivity contribution < 1.29 is 14.0 Å². The van der Waals surface area contributed by atoms with Gasteiger partial charge in [0.2, 0.25) is 5.91 Å². The summed E-state index contributed by atoms with van der Waals surface area (Å²) in [5.74, 6) is 6.31. The Morgan fingerprint density at radius 2 is 2.39 bits per heavy atom. The number of furan rings is 1. The van der Waals surface area contributed by atoms with Crippen LogP contribution in [0.4, 0.5) is 0 Å². The summed E-state index contributed by atoms with van der Waals surface area (Å²) >= 11 is 0. The fourth-order valence-electron chi connectivity index (χ4n) is 2.24. The summed E-state index contributed by atoms with van der Waals surface area (Å²) in [5.41, 5.74) is 2.47. The van der Waals surface area contributed by atoms with E-state index in [-0.39, 0.29) is 11.8 Å². The maximum atomic E-state index is 11.7. The van der Waals surface area contributed by atoms with Gasteiger partial charge in [-0.1, -0.05) is 6.92 Å². The molecule has 1 aliphatic heterocycles. The first kappa shape index (κ1) is 12.6. The first-order chi connectivity index (χ1) is 8.51. The van der Waals surface area contributed by atoms with Crippen molar-refractivity contribution in [3.63, 3.8) is 0 Å². The van der Waals surface area contributed by atoms with E-state index in [2.05, 4.69) is 5.43 Å². The molecule has 0 spiro atoms. The molecule has 1 aromatic rings. The fraction of sp³-hybridized carbons (Fsp3) is 0.500. The van der Waals surface area contributed by atoms with Crippen LogP contribution >= 0.6 is 0 Å². The minimum Gasteiger partial charge on any atom is -0.464 e. The van der Waals surface area contributed by atoms with Gasteiger partial charge in [0.1, 0.15) is 11.5 Å². The van der Waals surface area contributed by atoms with E-state index in [0.717, 1.165) is 6.54 Å². The van der Waals surface area contributed by atoms with Crippen molar-refractivity contribution in [2.45, 2.75) is 26.8 Å². The number of hydrazine groups is 1. The first-order valence-corrected chi connectivity index (χ1v) is 5.89. The van der Waals surface area contributed by atoms with Crippen LogP contribution in [0.15, 0.2) is 10.5 Å². The molecule has 1 atom stereocenters. The summed E-state index contributed by atoms with van der Waals surface area (Å²) in [6, 6.07) is 1.63. The highest BCUT2D eigenvalue weighted by Crippen LogP contribution is 2.22. The van der Waals surface area contributed by atoms with Gasteiger partial charge in [-0.05, 0) is 18.9 Å². The van der Waals surface area contributed by atoms with Gasteiger partial charge in [0.15, 0.2) is 0 Å². The van der Waals surface area contributed by atoms with Gasteiger partial charge in [-0.25, -0.2) is 5.84 Å². The molecular formula is C12H17N3O3. The Kier molecular flexibility index (Phi) is 3.38. The van der Waals surface area contributed by atoms with Gasteiger partial charge in [0.05, 0.1) is 12.1 Å². The SMILES string of the molecule is Cc1oc(CN2CC(C)CC2=O)cc1C(=O)NN. The number of nitrogen functional groups attached to an aromatic ring is 1. The van der Waals surface area contributed by atoms with Crippen LogP contribution in [0.5, 0.6) is 0 Å². The molecule has 3 N–H and O–H groups in total. The monoisotopic (exact) mass is 251 g/mol. The Hall–Kier alpha value is -1.82. The lowest BCUT2D eigenvalue weighted by molar-refractivity contribution is -0.128. The predicted molar refractivity (Wildman–Crippen MR) is 64.3 cm³/mol. The second kappa shape index (κ2) is 4.81. The Bertz CT molecular complexity index is 481. The smallest absolute Gasteiger partial charge is 0.268 e. The van der Waals surface area contributed by atoms with Gasteiger partial charge in [0.25, 0.3) is 5.91 Å². The standard InChI is InChI=1S/C12H17N3O3/c1-7-3-11(16)15(5-7)6-9-4-10(8(2)18-9)12(17)14-13/h4,7H,3,5-6,13H2,1-2H3,(H,14,17). The highest BCUT2D eigenvalue weighted by atomic mass is 16.3. The van der Waals surface area contributed by atoms with Crippen molar-refractivity contribution in [3.8, 4) is 0 Å². The van der Waals surface area contributed by atoms with Crippen LogP contribution < -0.4 is 11.3 Å². The summed E-state index contributed by atoms with van der Waals surface area (Å²) in [5, 5.41) is 0. The molecule has 6 nitrogen and oxygen atoms in total. The average molecular weight is 251 g/mol. The number of nitrogens with zero attached hydrogens (tertiary/aromatic N) is 1. The minimum absolute atomic E-state index is 0.126. The molecule has 0 radical (unpaired) electrons. The zero-order chi connectivity index (χ0) is 13.3. The second-order valence-electron chi connectivity index (χ2n) is 4.74. The van der Waals surface area contributed by atoms with E-state index in [0.29, 0.717) is 36.0 Å². The molecule has 2 amide bonds. The van der Waals surface area contributed by atoms with Crippen LogP contribution in [0.25, 0.3) is 0 Å². The molecule has 2 rings (SSSR count). The number of carbonyl (C=O) groups excluding carboxylic acids is 2. The topological polar surface area (TPSA) is 88.6 Å². The lowest BCUT2D eigenvalue weighted by Gasteiger charge is -2.13. The normalized spacial score (nSPS) is 19.4. The van der Waals surface area contributed by atoms with Gasteiger partial charge in [-0.3, -0.25) is 15.0 Å². The molecule has 1 aliphatic rings. The third-order valence-corrected chi connectivity index (χ3v) is 3.10. The van der Waals surface area contributed by atoms with Crippen molar-refractivity contribution in [1.82, 2.24) is 10.3 Å². The molecule has 0 bridgehead atoms. The number of amides is 2. The van der Waals surface area contributed by atoms with Crippen molar-refractivity contribution >= 4 is 11.8 Å². The van der Waals surface area contributed by atoms with Gasteiger partial charge in [0, 0.05) is 13.0 Å². The van der Waals surface area contributed by atoms with E-state index in [1.165, 1.54) is 0 Å².